The van der Waals surface area contributed by atoms with Crippen molar-refractivity contribution in [1.82, 2.24) is 0 Å². The number of nitrogens with zero attached hydrogens (tertiary/aromatic N) is 1. The van der Waals surface area contributed by atoms with Crippen LogP contribution in [0.1, 0.15) is 49.9 Å². The Labute approximate surface area is 398 Å². The Morgan fingerprint density at radius 1 is 0.309 bits per heavy atom. The van der Waals surface area contributed by atoms with Crippen LogP contribution in [-0.2, 0) is 10.8 Å². The number of hydrogen-bond acceptors (Lipinski definition) is 2. The predicted molar refractivity (Wildman–Crippen MR) is 285 cm³/mol. The minimum Gasteiger partial charge on any atom is -0.456 e. The van der Waals surface area contributed by atoms with E-state index >= 15 is 0 Å². The highest BCUT2D eigenvalue weighted by atomic mass is 16.3. The molecule has 2 aliphatic rings. The molecule has 2 nitrogen and oxygen atoms in total. The zero-order valence-corrected chi connectivity index (χ0v) is 38.7. The normalized spacial score (nSPS) is 13.8. The van der Waals surface area contributed by atoms with Gasteiger partial charge in [0.15, 0.2) is 0 Å². The van der Waals surface area contributed by atoms with Crippen molar-refractivity contribution in [2.75, 3.05) is 4.90 Å². The van der Waals surface area contributed by atoms with Gasteiger partial charge in [0.05, 0.1) is 0 Å². The topological polar surface area (TPSA) is 16.4 Å². The smallest absolute Gasteiger partial charge is 0.136 e. The lowest BCUT2D eigenvalue weighted by atomic mass is 9.78. The second-order valence-electron chi connectivity index (χ2n) is 19.6. The van der Waals surface area contributed by atoms with Crippen molar-refractivity contribution in [1.29, 1.82) is 0 Å². The molecule has 68 heavy (non-hydrogen) atoms. The van der Waals surface area contributed by atoms with Gasteiger partial charge < -0.3 is 9.32 Å². The third-order valence-electron chi connectivity index (χ3n) is 15.1. The van der Waals surface area contributed by atoms with E-state index in [-0.39, 0.29) is 10.8 Å². The highest BCUT2D eigenvalue weighted by Crippen LogP contribution is 2.54. The summed E-state index contributed by atoms with van der Waals surface area (Å²) in [4.78, 5) is 2.38. The second-order valence-corrected chi connectivity index (χ2v) is 19.6. The Kier molecular flexibility index (Phi) is 8.95. The predicted octanol–water partition coefficient (Wildman–Crippen LogP) is 18.3. The first-order chi connectivity index (χ1) is 33.2. The van der Waals surface area contributed by atoms with E-state index in [0.29, 0.717) is 0 Å². The van der Waals surface area contributed by atoms with Crippen LogP contribution in [0.3, 0.4) is 0 Å². The van der Waals surface area contributed by atoms with Gasteiger partial charge in [0, 0.05) is 38.7 Å². The molecule has 13 rings (SSSR count). The van der Waals surface area contributed by atoms with E-state index in [2.05, 4.69) is 245 Å². The van der Waals surface area contributed by atoms with Gasteiger partial charge in [0.1, 0.15) is 11.2 Å². The van der Waals surface area contributed by atoms with Gasteiger partial charge in [-0.2, -0.15) is 0 Å². The van der Waals surface area contributed by atoms with Gasteiger partial charge >= 0.3 is 0 Å². The molecule has 1 heterocycles. The number of anilines is 3. The van der Waals surface area contributed by atoms with Crippen molar-refractivity contribution in [3.05, 3.63) is 247 Å². The van der Waals surface area contributed by atoms with Crippen LogP contribution in [0.2, 0.25) is 0 Å². The first kappa shape index (κ1) is 40.1. The average Bonchev–Trinajstić information content (AvgIpc) is 3.97. The maximum absolute atomic E-state index is 6.29. The molecule has 0 bridgehead atoms. The first-order valence-corrected chi connectivity index (χ1v) is 23.8. The van der Waals surface area contributed by atoms with Crippen molar-refractivity contribution in [3.63, 3.8) is 0 Å². The SMILES string of the molecule is CC1(C)c2ccccc2-c2ccc(-c3ccc(N(c4ccc(-c5ccccc5-c5cccc6c5C(C)(C)c5ccccc5-6)cc4)c4ccc(-c5cccc6oc7ccccc7c56)cc4)cc3)cc21. The fourth-order valence-corrected chi connectivity index (χ4v) is 11.8. The summed E-state index contributed by atoms with van der Waals surface area (Å²) >= 11 is 0. The molecular formula is C66H49NO. The lowest BCUT2D eigenvalue weighted by Gasteiger charge is -2.27. The van der Waals surface area contributed by atoms with Crippen LogP contribution in [0.4, 0.5) is 17.1 Å². The van der Waals surface area contributed by atoms with Crippen molar-refractivity contribution < 1.29 is 4.42 Å². The molecule has 11 aromatic rings. The molecule has 0 unspecified atom stereocenters. The molecule has 2 aliphatic carbocycles. The van der Waals surface area contributed by atoms with Gasteiger partial charge in [-0.05, 0) is 144 Å². The van der Waals surface area contributed by atoms with Crippen LogP contribution < -0.4 is 4.90 Å². The molecule has 0 amide bonds. The van der Waals surface area contributed by atoms with Crippen LogP contribution in [0.5, 0.6) is 0 Å². The fourth-order valence-electron chi connectivity index (χ4n) is 11.8. The molecule has 0 spiro atoms. The summed E-state index contributed by atoms with van der Waals surface area (Å²) < 4.78 is 6.29. The highest BCUT2D eigenvalue weighted by molar-refractivity contribution is 6.12. The Morgan fingerprint density at radius 3 is 1.43 bits per heavy atom. The van der Waals surface area contributed by atoms with Crippen LogP contribution in [0.25, 0.3) is 88.7 Å². The first-order valence-electron chi connectivity index (χ1n) is 23.8. The van der Waals surface area contributed by atoms with Gasteiger partial charge in [-0.25, -0.2) is 0 Å². The molecule has 0 atom stereocenters. The van der Waals surface area contributed by atoms with Crippen LogP contribution in [0, 0.1) is 0 Å². The molecule has 0 radical (unpaired) electrons. The van der Waals surface area contributed by atoms with Gasteiger partial charge in [-0.15, -0.1) is 0 Å². The molecule has 0 saturated heterocycles. The van der Waals surface area contributed by atoms with E-state index in [1.807, 2.05) is 12.1 Å². The average molecular weight is 872 g/mol. The summed E-state index contributed by atoms with van der Waals surface area (Å²) in [5.41, 5.74) is 25.5. The number of hydrogen-bond donors (Lipinski definition) is 0. The molecule has 324 valence electrons. The number of rotatable bonds is 7. The van der Waals surface area contributed by atoms with Crippen molar-refractivity contribution >= 4 is 39.0 Å². The Morgan fingerprint density at radius 2 is 0.750 bits per heavy atom. The largest absolute Gasteiger partial charge is 0.456 e. The van der Waals surface area contributed by atoms with Crippen molar-refractivity contribution in [3.8, 4) is 66.8 Å². The quantitative estimate of drug-likeness (QED) is 0.159. The summed E-state index contributed by atoms with van der Waals surface area (Å²) in [6.07, 6.45) is 0. The van der Waals surface area contributed by atoms with Gasteiger partial charge in [0.25, 0.3) is 0 Å². The zero-order chi connectivity index (χ0) is 45.7. The Balaban J connectivity index is 0.893. The van der Waals surface area contributed by atoms with Crippen LogP contribution >= 0.6 is 0 Å². The van der Waals surface area contributed by atoms with E-state index in [4.69, 9.17) is 4.42 Å². The van der Waals surface area contributed by atoms with Crippen molar-refractivity contribution in [2.45, 2.75) is 38.5 Å². The molecule has 1 aromatic heterocycles. The van der Waals surface area contributed by atoms with E-state index < -0.39 is 0 Å². The maximum Gasteiger partial charge on any atom is 0.136 e. The summed E-state index contributed by atoms with van der Waals surface area (Å²) in [6.45, 7) is 9.45. The summed E-state index contributed by atoms with van der Waals surface area (Å²) in [7, 11) is 0. The third-order valence-corrected chi connectivity index (χ3v) is 15.1. The fraction of sp³-hybridized carbons (Fsp3) is 0.0909. The van der Waals surface area contributed by atoms with E-state index in [1.54, 1.807) is 0 Å². The standard InChI is InChI=1S/C66H49NO/c1-65(2)58-23-10-7-17-52(58)54-40-33-45(41-60(54)65)42-27-34-46(35-28-42)67(48-38-31-44(32-39-48)50-20-14-26-62-63(50)57-19-9-12-25-61(57)68-62)47-36-29-43(30-37-47)49-15-5-6-16-51(49)55-21-13-22-56-53-18-8-11-24-59(53)66(3,4)64(55)56/h5-41H,1-4H3. The molecule has 0 N–H and O–H groups in total. The lowest BCUT2D eigenvalue weighted by Crippen LogP contribution is -2.16. The third kappa shape index (κ3) is 6.10. The summed E-state index contributed by atoms with van der Waals surface area (Å²) in [6, 6.07) is 82.4. The molecule has 0 fully saturated rings. The second kappa shape index (κ2) is 15.2. The molecule has 10 aromatic carbocycles. The molecule has 0 aliphatic heterocycles. The monoisotopic (exact) mass is 871 g/mol. The van der Waals surface area contributed by atoms with E-state index in [9.17, 15) is 0 Å². The van der Waals surface area contributed by atoms with E-state index in [0.717, 1.165) is 50.1 Å². The van der Waals surface area contributed by atoms with Gasteiger partial charge in [0.2, 0.25) is 0 Å². The summed E-state index contributed by atoms with van der Waals surface area (Å²) in [5, 5.41) is 2.28. The summed E-state index contributed by atoms with van der Waals surface area (Å²) in [5.74, 6) is 0. The number of fused-ring (bicyclic) bond motifs is 9. The molecular weight excluding hydrogens is 823 g/mol. The Hall–Kier alpha value is -8.20. The zero-order valence-electron chi connectivity index (χ0n) is 38.7. The van der Waals surface area contributed by atoms with Gasteiger partial charge in [-0.3, -0.25) is 0 Å². The molecule has 0 saturated carbocycles. The molecule has 2 heteroatoms. The number of benzene rings is 10. The number of furan rings is 1. The lowest BCUT2D eigenvalue weighted by molar-refractivity contribution is 0.660. The number of para-hydroxylation sites is 1. The minimum atomic E-state index is -0.118. The maximum atomic E-state index is 6.29. The Bertz CT molecular complexity index is 3770. The van der Waals surface area contributed by atoms with Crippen LogP contribution in [-0.4, -0.2) is 0 Å². The minimum absolute atomic E-state index is 0.0582. The van der Waals surface area contributed by atoms with E-state index in [1.165, 1.54) is 77.9 Å². The van der Waals surface area contributed by atoms with Crippen LogP contribution in [0.15, 0.2) is 229 Å². The van der Waals surface area contributed by atoms with Gasteiger partial charge in [-0.1, -0.05) is 198 Å². The van der Waals surface area contributed by atoms with Crippen molar-refractivity contribution in [2.24, 2.45) is 0 Å². The highest BCUT2D eigenvalue weighted by Gasteiger charge is 2.38.